The van der Waals surface area contributed by atoms with Crippen LogP contribution in [-0.2, 0) is 6.42 Å². The average Bonchev–Trinajstić information content (AvgIpc) is 2.72. The predicted molar refractivity (Wildman–Crippen MR) is 63.3 cm³/mol. The van der Waals surface area contributed by atoms with E-state index in [-0.39, 0.29) is 5.69 Å². The van der Waals surface area contributed by atoms with Crippen LogP contribution < -0.4 is 0 Å². The molecule has 0 aliphatic carbocycles. The molecule has 0 aliphatic rings. The molecule has 4 nitrogen and oxygen atoms in total. The van der Waals surface area contributed by atoms with Gasteiger partial charge in [-0.1, -0.05) is 35.8 Å². The summed E-state index contributed by atoms with van der Waals surface area (Å²) in [6.07, 6.45) is 0.535. The number of carboxylic acid groups (broad SMARTS) is 1. The largest absolute Gasteiger partial charge is 0.476 e. The lowest BCUT2D eigenvalue weighted by Crippen LogP contribution is -2.00. The summed E-state index contributed by atoms with van der Waals surface area (Å²) in [5, 5.41) is 13.1. The summed E-state index contributed by atoms with van der Waals surface area (Å²) in [5.74, 6) is -0.619. The number of hydrogen-bond donors (Lipinski definition) is 1. The van der Waals surface area contributed by atoms with Crippen LogP contribution in [0.4, 0.5) is 0 Å². The number of aromatic carboxylic acids is 1. The predicted octanol–water partition coefficient (Wildman–Crippen LogP) is 3.26. The molecular weight excluding hydrogens is 242 g/mol. The van der Waals surface area contributed by atoms with Gasteiger partial charge in [-0.15, -0.1) is 0 Å². The summed E-state index contributed by atoms with van der Waals surface area (Å²) < 4.78 is 5.10. The molecule has 0 spiro atoms. The van der Waals surface area contributed by atoms with Crippen molar-refractivity contribution in [3.8, 4) is 11.3 Å². The molecule has 1 aromatic carbocycles. The Morgan fingerprint density at radius 3 is 2.88 bits per heavy atom. The number of aromatic nitrogens is 1. The first-order valence-electron chi connectivity index (χ1n) is 5.11. The second-order valence-electron chi connectivity index (χ2n) is 3.51. The van der Waals surface area contributed by atoms with Gasteiger partial charge < -0.3 is 9.63 Å². The van der Waals surface area contributed by atoms with E-state index in [1.807, 2.05) is 6.92 Å². The minimum absolute atomic E-state index is 0.0394. The fraction of sp³-hybridized carbons (Fsp3) is 0.167. The van der Waals surface area contributed by atoms with E-state index in [4.69, 9.17) is 21.2 Å². The van der Waals surface area contributed by atoms with Crippen LogP contribution in [0.15, 0.2) is 28.8 Å². The Morgan fingerprint density at radius 1 is 1.53 bits per heavy atom. The van der Waals surface area contributed by atoms with Crippen molar-refractivity contribution in [3.63, 3.8) is 0 Å². The number of benzene rings is 1. The maximum atomic E-state index is 10.9. The third-order valence-electron chi connectivity index (χ3n) is 2.43. The standard InChI is InChI=1S/C12H10ClNO3/c1-2-9-10(12(15)16)14-17-11(9)7-4-3-5-8(13)6-7/h3-6H,2H2,1H3,(H,15,16). The molecule has 2 aromatic rings. The number of nitrogens with zero attached hydrogens (tertiary/aromatic N) is 1. The zero-order chi connectivity index (χ0) is 12.4. The lowest BCUT2D eigenvalue weighted by molar-refractivity contribution is 0.0685. The molecule has 0 saturated heterocycles. The van der Waals surface area contributed by atoms with Crippen LogP contribution in [0.25, 0.3) is 11.3 Å². The quantitative estimate of drug-likeness (QED) is 0.909. The van der Waals surface area contributed by atoms with Gasteiger partial charge in [0.15, 0.2) is 11.5 Å². The Labute approximate surface area is 103 Å². The van der Waals surface area contributed by atoms with Crippen molar-refractivity contribution >= 4 is 17.6 Å². The van der Waals surface area contributed by atoms with Gasteiger partial charge in [0, 0.05) is 16.1 Å². The van der Waals surface area contributed by atoms with Crippen molar-refractivity contribution in [3.05, 3.63) is 40.5 Å². The molecule has 0 aliphatic heterocycles. The fourth-order valence-corrected chi connectivity index (χ4v) is 1.85. The van der Waals surface area contributed by atoms with Gasteiger partial charge in [0.1, 0.15) is 0 Å². The molecule has 0 saturated carbocycles. The van der Waals surface area contributed by atoms with Gasteiger partial charge in [-0.3, -0.25) is 0 Å². The van der Waals surface area contributed by atoms with Gasteiger partial charge in [0.2, 0.25) is 0 Å². The molecule has 0 fully saturated rings. The zero-order valence-corrected chi connectivity index (χ0v) is 9.86. The lowest BCUT2D eigenvalue weighted by Gasteiger charge is -1.99. The molecule has 0 unspecified atom stereocenters. The highest BCUT2D eigenvalue weighted by Crippen LogP contribution is 2.28. The van der Waals surface area contributed by atoms with E-state index >= 15 is 0 Å². The summed E-state index contributed by atoms with van der Waals surface area (Å²) >= 11 is 5.88. The van der Waals surface area contributed by atoms with Gasteiger partial charge in [0.05, 0.1) is 0 Å². The highest BCUT2D eigenvalue weighted by molar-refractivity contribution is 6.30. The van der Waals surface area contributed by atoms with Gasteiger partial charge in [0.25, 0.3) is 0 Å². The van der Waals surface area contributed by atoms with Crippen molar-refractivity contribution in [2.24, 2.45) is 0 Å². The normalized spacial score (nSPS) is 10.5. The maximum absolute atomic E-state index is 10.9. The SMILES string of the molecule is CCc1c(C(=O)O)noc1-c1cccc(Cl)c1. The van der Waals surface area contributed by atoms with Crippen LogP contribution in [0, 0.1) is 0 Å². The van der Waals surface area contributed by atoms with Crippen LogP contribution in [0.3, 0.4) is 0 Å². The minimum atomic E-state index is -1.08. The van der Waals surface area contributed by atoms with Crippen LogP contribution >= 0.6 is 11.6 Å². The number of carbonyl (C=O) groups is 1. The Balaban J connectivity index is 2.56. The van der Waals surface area contributed by atoms with E-state index in [0.29, 0.717) is 22.8 Å². The molecule has 1 aromatic heterocycles. The minimum Gasteiger partial charge on any atom is -0.476 e. The highest BCUT2D eigenvalue weighted by Gasteiger charge is 2.20. The summed E-state index contributed by atoms with van der Waals surface area (Å²) in [6, 6.07) is 7.04. The molecule has 5 heteroatoms. The van der Waals surface area contributed by atoms with Gasteiger partial charge in [-0.2, -0.15) is 0 Å². The fourth-order valence-electron chi connectivity index (χ4n) is 1.66. The molecule has 0 atom stereocenters. The molecule has 2 rings (SSSR count). The van der Waals surface area contributed by atoms with Crippen LogP contribution in [0.5, 0.6) is 0 Å². The molecule has 0 radical (unpaired) electrons. The first-order valence-corrected chi connectivity index (χ1v) is 5.49. The molecule has 0 amide bonds. The number of halogens is 1. The summed E-state index contributed by atoms with van der Waals surface area (Å²) in [6.45, 7) is 1.85. The Morgan fingerprint density at radius 2 is 2.29 bits per heavy atom. The summed E-state index contributed by atoms with van der Waals surface area (Å²) in [7, 11) is 0. The first kappa shape index (κ1) is 11.7. The van der Waals surface area contributed by atoms with E-state index in [2.05, 4.69) is 5.16 Å². The number of hydrogen-bond acceptors (Lipinski definition) is 3. The molecule has 0 bridgehead atoms. The topological polar surface area (TPSA) is 63.3 Å². The summed E-state index contributed by atoms with van der Waals surface area (Å²) in [5.41, 5.74) is 1.27. The van der Waals surface area contributed by atoms with Crippen molar-refractivity contribution in [1.82, 2.24) is 5.16 Å². The number of rotatable bonds is 3. The Bertz CT molecular complexity index is 563. The van der Waals surface area contributed by atoms with E-state index in [1.165, 1.54) is 0 Å². The molecule has 88 valence electrons. The van der Waals surface area contributed by atoms with Gasteiger partial charge >= 0.3 is 5.97 Å². The maximum Gasteiger partial charge on any atom is 0.358 e. The summed E-state index contributed by atoms with van der Waals surface area (Å²) in [4.78, 5) is 10.9. The third kappa shape index (κ3) is 2.17. The zero-order valence-electron chi connectivity index (χ0n) is 9.11. The van der Waals surface area contributed by atoms with Crippen molar-refractivity contribution in [2.75, 3.05) is 0 Å². The highest BCUT2D eigenvalue weighted by atomic mass is 35.5. The molecular formula is C12H10ClNO3. The van der Waals surface area contributed by atoms with Crippen molar-refractivity contribution in [1.29, 1.82) is 0 Å². The van der Waals surface area contributed by atoms with E-state index in [0.717, 1.165) is 5.56 Å². The third-order valence-corrected chi connectivity index (χ3v) is 2.67. The monoisotopic (exact) mass is 251 g/mol. The number of carboxylic acids is 1. The van der Waals surface area contributed by atoms with E-state index in [9.17, 15) is 4.79 Å². The van der Waals surface area contributed by atoms with E-state index in [1.54, 1.807) is 24.3 Å². The Kier molecular flexibility index (Phi) is 3.15. The van der Waals surface area contributed by atoms with E-state index < -0.39 is 5.97 Å². The first-order chi connectivity index (χ1) is 8.13. The van der Waals surface area contributed by atoms with Crippen LogP contribution in [0.1, 0.15) is 23.0 Å². The smallest absolute Gasteiger partial charge is 0.358 e. The van der Waals surface area contributed by atoms with Crippen molar-refractivity contribution < 1.29 is 14.4 Å². The van der Waals surface area contributed by atoms with Gasteiger partial charge in [-0.25, -0.2) is 4.79 Å². The molecule has 1 heterocycles. The second-order valence-corrected chi connectivity index (χ2v) is 3.94. The average molecular weight is 252 g/mol. The molecule has 1 N–H and O–H groups in total. The van der Waals surface area contributed by atoms with Gasteiger partial charge in [-0.05, 0) is 18.6 Å². The second kappa shape index (κ2) is 4.59. The van der Waals surface area contributed by atoms with Crippen LogP contribution in [-0.4, -0.2) is 16.2 Å². The lowest BCUT2D eigenvalue weighted by atomic mass is 10.0. The Hall–Kier alpha value is -1.81. The molecule has 17 heavy (non-hydrogen) atoms. The van der Waals surface area contributed by atoms with Crippen LogP contribution in [0.2, 0.25) is 5.02 Å². The van der Waals surface area contributed by atoms with Crippen molar-refractivity contribution in [2.45, 2.75) is 13.3 Å².